The van der Waals surface area contributed by atoms with Crippen LogP contribution in [0.4, 0.5) is 0 Å². The van der Waals surface area contributed by atoms with Gasteiger partial charge in [0.05, 0.1) is 37.2 Å². The second kappa shape index (κ2) is 7.74. The van der Waals surface area contributed by atoms with Gasteiger partial charge in [-0.25, -0.2) is 14.2 Å². The maximum atomic E-state index is 12.9. The molecule has 1 atom stereocenters. The number of hydrogen-bond donors (Lipinski definition) is 1. The molecule has 0 aliphatic heterocycles. The van der Waals surface area contributed by atoms with Gasteiger partial charge in [-0.2, -0.15) is 15.2 Å². The van der Waals surface area contributed by atoms with E-state index in [1.54, 1.807) is 24.0 Å². The fraction of sp³-hybridized carbons (Fsp3) is 0.348. The lowest BCUT2D eigenvalue weighted by Crippen LogP contribution is -2.37. The Morgan fingerprint density at radius 3 is 2.78 bits per heavy atom. The molecule has 0 spiro atoms. The van der Waals surface area contributed by atoms with E-state index in [0.29, 0.717) is 5.78 Å². The third kappa shape index (κ3) is 3.81. The lowest BCUT2D eigenvalue weighted by molar-refractivity contribution is -0.121. The highest BCUT2D eigenvalue weighted by Crippen LogP contribution is 2.41. The third-order valence-electron chi connectivity index (χ3n) is 5.88. The van der Waals surface area contributed by atoms with Crippen LogP contribution in [0.3, 0.4) is 0 Å². The van der Waals surface area contributed by atoms with Crippen molar-refractivity contribution >= 4 is 11.7 Å². The van der Waals surface area contributed by atoms with Crippen molar-refractivity contribution in [2.24, 2.45) is 5.41 Å². The molecule has 5 rings (SSSR count). The maximum absolute atomic E-state index is 12.9. The van der Waals surface area contributed by atoms with Crippen molar-refractivity contribution in [1.82, 2.24) is 34.7 Å². The minimum Gasteiger partial charge on any atom is -0.497 e. The number of nitrogens with zero attached hydrogens (tertiary/aromatic N) is 6. The minimum atomic E-state index is -0.101. The Morgan fingerprint density at radius 1 is 1.19 bits per heavy atom. The number of nitrogens with one attached hydrogen (secondary N) is 1. The van der Waals surface area contributed by atoms with E-state index in [1.807, 2.05) is 35.1 Å². The van der Waals surface area contributed by atoms with Crippen LogP contribution in [0.1, 0.15) is 43.1 Å². The summed E-state index contributed by atoms with van der Waals surface area (Å²) >= 11 is 0. The summed E-state index contributed by atoms with van der Waals surface area (Å²) in [6, 6.07) is 7.74. The highest BCUT2D eigenvalue weighted by Gasteiger charge is 2.36. The molecule has 0 bridgehead atoms. The number of carbonyl (C=O) groups excluding carboxylic acids is 1. The van der Waals surface area contributed by atoms with E-state index >= 15 is 0 Å². The Hall–Kier alpha value is -3.75. The summed E-state index contributed by atoms with van der Waals surface area (Å²) in [4.78, 5) is 21.2. The molecule has 1 aliphatic rings. The zero-order valence-corrected chi connectivity index (χ0v) is 18.3. The van der Waals surface area contributed by atoms with E-state index in [0.717, 1.165) is 41.1 Å². The molecular weight excluding hydrogens is 406 g/mol. The third-order valence-corrected chi connectivity index (χ3v) is 5.88. The van der Waals surface area contributed by atoms with Crippen molar-refractivity contribution in [2.45, 2.75) is 39.2 Å². The highest BCUT2D eigenvalue weighted by atomic mass is 16.5. The number of ether oxygens (including phenoxy) is 1. The number of hydrogen-bond acceptors (Lipinski definition) is 6. The molecule has 1 aliphatic carbocycles. The standard InChI is InChI=1S/C23H25N7O2/c1-23(2)9-19(28-21(31)8-15-11-24-22-25-14-27-29(22)13-15)18-12-26-30(20(18)10-23)16-4-6-17(32-3)7-5-16/h4-7,11-14,19H,8-10H2,1-3H3,(H,28,31). The number of aromatic nitrogens is 6. The molecule has 0 saturated heterocycles. The average Bonchev–Trinajstić information content (AvgIpc) is 3.39. The normalized spacial score (nSPS) is 17.2. The van der Waals surface area contributed by atoms with E-state index in [1.165, 1.54) is 6.33 Å². The summed E-state index contributed by atoms with van der Waals surface area (Å²) in [7, 11) is 1.65. The van der Waals surface area contributed by atoms with Gasteiger partial charge in [-0.3, -0.25) is 4.79 Å². The highest BCUT2D eigenvalue weighted by molar-refractivity contribution is 5.79. The van der Waals surface area contributed by atoms with E-state index in [9.17, 15) is 4.79 Å². The van der Waals surface area contributed by atoms with Crippen LogP contribution in [0.15, 0.2) is 49.2 Å². The summed E-state index contributed by atoms with van der Waals surface area (Å²) in [5, 5.41) is 12.0. The fourth-order valence-electron chi connectivity index (χ4n) is 4.40. The van der Waals surface area contributed by atoms with Crippen molar-refractivity contribution in [2.75, 3.05) is 7.11 Å². The van der Waals surface area contributed by atoms with Gasteiger partial charge in [0.25, 0.3) is 5.78 Å². The van der Waals surface area contributed by atoms with Crippen molar-refractivity contribution in [1.29, 1.82) is 0 Å². The SMILES string of the molecule is COc1ccc(-n2ncc3c2CC(C)(C)CC3NC(=O)Cc2cnc3ncnn3c2)cc1. The van der Waals surface area contributed by atoms with E-state index in [-0.39, 0.29) is 23.8 Å². The first-order chi connectivity index (χ1) is 15.4. The van der Waals surface area contributed by atoms with E-state index in [4.69, 9.17) is 4.74 Å². The summed E-state index contributed by atoms with van der Waals surface area (Å²) in [5.74, 6) is 1.26. The van der Waals surface area contributed by atoms with Crippen LogP contribution in [-0.2, 0) is 17.6 Å². The van der Waals surface area contributed by atoms with Crippen LogP contribution in [0.5, 0.6) is 5.75 Å². The molecule has 0 radical (unpaired) electrons. The Balaban J connectivity index is 1.39. The van der Waals surface area contributed by atoms with E-state index < -0.39 is 0 Å². The van der Waals surface area contributed by atoms with Gasteiger partial charge in [0.2, 0.25) is 5.91 Å². The molecule has 1 aromatic carbocycles. The smallest absolute Gasteiger partial charge is 0.252 e. The topological polar surface area (TPSA) is 99.2 Å². The van der Waals surface area contributed by atoms with Crippen molar-refractivity contribution in [3.8, 4) is 11.4 Å². The molecule has 164 valence electrons. The van der Waals surface area contributed by atoms with E-state index in [2.05, 4.69) is 39.3 Å². The molecule has 1 amide bonds. The van der Waals surface area contributed by atoms with Gasteiger partial charge in [-0.1, -0.05) is 13.8 Å². The first-order valence-corrected chi connectivity index (χ1v) is 10.6. The molecule has 1 unspecified atom stereocenters. The number of carbonyl (C=O) groups is 1. The van der Waals surface area contributed by atoms with Gasteiger partial charge < -0.3 is 10.1 Å². The van der Waals surface area contributed by atoms with Gasteiger partial charge >= 0.3 is 0 Å². The van der Waals surface area contributed by atoms with Crippen LogP contribution in [0, 0.1) is 5.41 Å². The zero-order valence-electron chi connectivity index (χ0n) is 18.3. The Bertz CT molecular complexity index is 1270. The Morgan fingerprint density at radius 2 is 2.00 bits per heavy atom. The second-order valence-electron chi connectivity index (χ2n) is 8.97. The van der Waals surface area contributed by atoms with Gasteiger partial charge in [0.1, 0.15) is 12.1 Å². The lowest BCUT2D eigenvalue weighted by atomic mass is 9.74. The van der Waals surface area contributed by atoms with Crippen LogP contribution >= 0.6 is 0 Å². The Kier molecular flexibility index (Phi) is 4.88. The molecule has 32 heavy (non-hydrogen) atoms. The average molecular weight is 432 g/mol. The van der Waals surface area contributed by atoms with Gasteiger partial charge in [0.15, 0.2) is 0 Å². The molecular formula is C23H25N7O2. The van der Waals surface area contributed by atoms with Gasteiger partial charge in [-0.15, -0.1) is 0 Å². The molecule has 4 aromatic rings. The lowest BCUT2D eigenvalue weighted by Gasteiger charge is -2.36. The molecule has 3 aromatic heterocycles. The first-order valence-electron chi connectivity index (χ1n) is 10.6. The monoisotopic (exact) mass is 431 g/mol. The first kappa shape index (κ1) is 20.2. The number of benzene rings is 1. The summed E-state index contributed by atoms with van der Waals surface area (Å²) in [5.41, 5.74) is 3.98. The van der Waals surface area contributed by atoms with Crippen LogP contribution in [0.25, 0.3) is 11.5 Å². The molecule has 0 saturated carbocycles. The number of amides is 1. The molecule has 9 nitrogen and oxygen atoms in total. The minimum absolute atomic E-state index is 0.0242. The molecule has 9 heteroatoms. The zero-order chi connectivity index (χ0) is 22.3. The maximum Gasteiger partial charge on any atom is 0.252 e. The molecule has 0 fully saturated rings. The number of rotatable bonds is 5. The molecule has 3 heterocycles. The van der Waals surface area contributed by atoms with Crippen molar-refractivity contribution in [3.05, 3.63) is 66.0 Å². The molecule has 1 N–H and O–H groups in total. The van der Waals surface area contributed by atoms with Crippen LogP contribution < -0.4 is 10.1 Å². The second-order valence-corrected chi connectivity index (χ2v) is 8.97. The van der Waals surface area contributed by atoms with Crippen molar-refractivity contribution < 1.29 is 9.53 Å². The number of methoxy groups -OCH3 is 1. The summed E-state index contributed by atoms with van der Waals surface area (Å²) in [6.45, 7) is 4.45. The van der Waals surface area contributed by atoms with Gasteiger partial charge in [-0.05, 0) is 48.1 Å². The predicted octanol–water partition coefficient (Wildman–Crippen LogP) is 2.69. The fourth-order valence-corrected chi connectivity index (χ4v) is 4.40. The van der Waals surface area contributed by atoms with Crippen LogP contribution in [-0.4, -0.2) is 42.4 Å². The Labute approximate surface area is 185 Å². The quantitative estimate of drug-likeness (QED) is 0.522. The predicted molar refractivity (Wildman–Crippen MR) is 118 cm³/mol. The van der Waals surface area contributed by atoms with Crippen LogP contribution in [0.2, 0.25) is 0 Å². The largest absolute Gasteiger partial charge is 0.497 e. The van der Waals surface area contributed by atoms with Crippen molar-refractivity contribution in [3.63, 3.8) is 0 Å². The number of fused-ring (bicyclic) bond motifs is 2. The van der Waals surface area contributed by atoms with Gasteiger partial charge in [0, 0.05) is 18.0 Å². The summed E-state index contributed by atoms with van der Waals surface area (Å²) < 4.78 is 8.81. The summed E-state index contributed by atoms with van der Waals surface area (Å²) in [6.07, 6.45) is 8.73.